The van der Waals surface area contributed by atoms with Crippen LogP contribution in [0.4, 0.5) is 0 Å². The molecule has 0 amide bonds. The molecule has 6 N–H and O–H groups in total. The first-order valence-electron chi connectivity index (χ1n) is 6.66. The van der Waals surface area contributed by atoms with E-state index in [2.05, 4.69) is 10.6 Å². The quantitative estimate of drug-likeness (QED) is 0.183. The third-order valence-corrected chi connectivity index (χ3v) is 3.42. The highest BCUT2D eigenvalue weighted by molar-refractivity contribution is 5.95. The molecule has 1 aliphatic heterocycles. The van der Waals surface area contributed by atoms with E-state index in [0.29, 0.717) is 0 Å². The van der Waals surface area contributed by atoms with Crippen LogP contribution in [0.2, 0.25) is 0 Å². The van der Waals surface area contributed by atoms with Crippen LogP contribution in [0.5, 0.6) is 0 Å². The highest BCUT2D eigenvalue weighted by Crippen LogP contribution is 2.31. The van der Waals surface area contributed by atoms with Crippen LogP contribution in [0.25, 0.3) is 0 Å². The third-order valence-electron chi connectivity index (χ3n) is 3.42. The summed E-state index contributed by atoms with van der Waals surface area (Å²) < 4.78 is 5.19. The normalized spacial score (nSPS) is 25.3. The van der Waals surface area contributed by atoms with E-state index in [0.717, 1.165) is 0 Å². The maximum Gasteiger partial charge on any atom is 0.326 e. The van der Waals surface area contributed by atoms with Crippen molar-refractivity contribution in [1.29, 1.82) is 0 Å². The summed E-state index contributed by atoms with van der Waals surface area (Å²) in [5.41, 5.74) is -1.60. The molecule has 4 unspecified atom stereocenters. The summed E-state index contributed by atoms with van der Waals surface area (Å²) in [6.45, 7) is 1.27. The zero-order valence-corrected chi connectivity index (χ0v) is 12.2. The maximum absolute atomic E-state index is 11.1. The Morgan fingerprint density at radius 1 is 1.22 bits per heavy atom. The fraction of sp³-hybridized carbons (Fsp3) is 0.667. The first-order chi connectivity index (χ1) is 10.6. The van der Waals surface area contributed by atoms with Crippen LogP contribution in [0.3, 0.4) is 0 Å². The van der Waals surface area contributed by atoms with Gasteiger partial charge in [0.25, 0.3) is 0 Å². The Morgan fingerprint density at radius 2 is 1.83 bits per heavy atom. The highest BCUT2D eigenvalue weighted by Gasteiger charge is 2.64. The SMILES string of the molecule is CC(NC(CC(=O)O)C(=O)O)OCCC1(C(=O)O)NC1C(=O)O. The van der Waals surface area contributed by atoms with Gasteiger partial charge in [-0.15, -0.1) is 0 Å². The van der Waals surface area contributed by atoms with Gasteiger partial charge in [-0.2, -0.15) is 0 Å². The van der Waals surface area contributed by atoms with Gasteiger partial charge in [-0.1, -0.05) is 0 Å². The Bertz CT molecular complexity index is 509. The molecular weight excluding hydrogens is 316 g/mol. The molecule has 0 bridgehead atoms. The average molecular weight is 334 g/mol. The molecule has 23 heavy (non-hydrogen) atoms. The van der Waals surface area contributed by atoms with Crippen LogP contribution in [0.1, 0.15) is 19.8 Å². The molecule has 130 valence electrons. The Hall–Kier alpha value is -2.24. The molecule has 4 atom stereocenters. The topological polar surface area (TPSA) is 192 Å². The van der Waals surface area contributed by atoms with Crippen LogP contribution in [-0.2, 0) is 23.9 Å². The second-order valence-corrected chi connectivity index (χ2v) is 5.11. The van der Waals surface area contributed by atoms with Crippen molar-refractivity contribution in [2.24, 2.45) is 0 Å². The van der Waals surface area contributed by atoms with Gasteiger partial charge in [-0.05, 0) is 6.92 Å². The van der Waals surface area contributed by atoms with Crippen LogP contribution < -0.4 is 10.6 Å². The second-order valence-electron chi connectivity index (χ2n) is 5.11. The summed E-state index contributed by atoms with van der Waals surface area (Å²) in [4.78, 5) is 43.4. The van der Waals surface area contributed by atoms with E-state index in [4.69, 9.17) is 25.2 Å². The second kappa shape index (κ2) is 7.35. The molecule has 0 aromatic rings. The third kappa shape index (κ3) is 4.87. The number of hydrogen-bond donors (Lipinski definition) is 6. The molecule has 11 nitrogen and oxygen atoms in total. The molecule has 1 rings (SSSR count). The van der Waals surface area contributed by atoms with E-state index in [1.807, 2.05) is 0 Å². The minimum Gasteiger partial charge on any atom is -0.481 e. The highest BCUT2D eigenvalue weighted by atomic mass is 16.5. The van der Waals surface area contributed by atoms with Gasteiger partial charge in [0.05, 0.1) is 13.0 Å². The zero-order valence-electron chi connectivity index (χ0n) is 12.2. The van der Waals surface area contributed by atoms with Gasteiger partial charge in [0.1, 0.15) is 23.9 Å². The van der Waals surface area contributed by atoms with E-state index in [1.165, 1.54) is 6.92 Å². The van der Waals surface area contributed by atoms with Crippen LogP contribution >= 0.6 is 0 Å². The van der Waals surface area contributed by atoms with Gasteiger partial charge in [0.15, 0.2) is 0 Å². The summed E-state index contributed by atoms with van der Waals surface area (Å²) in [7, 11) is 0. The number of hydrogen-bond acceptors (Lipinski definition) is 7. The standard InChI is InChI=1S/C12H18N2O9/c1-5(13-6(9(17)18)4-7(15)16)23-3-2-12(11(21)22)8(14-12)10(19)20/h5-6,8,13-14H,2-4H2,1H3,(H,15,16)(H,17,18)(H,19,20)(H,21,22). The number of aliphatic carboxylic acids is 4. The molecule has 0 spiro atoms. The Balaban J connectivity index is 2.45. The Morgan fingerprint density at radius 3 is 2.22 bits per heavy atom. The smallest absolute Gasteiger partial charge is 0.326 e. The molecule has 0 aliphatic carbocycles. The summed E-state index contributed by atoms with van der Waals surface area (Å²) in [6, 6.07) is -2.56. The lowest BCUT2D eigenvalue weighted by molar-refractivity contribution is -0.147. The number of nitrogens with one attached hydrogen (secondary N) is 2. The Labute approximate surface area is 130 Å². The zero-order chi connectivity index (χ0) is 17.8. The molecule has 11 heteroatoms. The lowest BCUT2D eigenvalue weighted by Crippen LogP contribution is -2.45. The van der Waals surface area contributed by atoms with Gasteiger partial charge in [0.2, 0.25) is 0 Å². The average Bonchev–Trinajstić information content (AvgIpc) is 3.13. The summed E-state index contributed by atoms with van der Waals surface area (Å²) in [5.74, 6) is -5.26. The fourth-order valence-electron chi connectivity index (χ4n) is 2.12. The minimum absolute atomic E-state index is 0.137. The minimum atomic E-state index is -1.60. The van der Waals surface area contributed by atoms with Crippen molar-refractivity contribution < 1.29 is 44.3 Å². The van der Waals surface area contributed by atoms with E-state index in [1.54, 1.807) is 0 Å². The molecule has 1 saturated heterocycles. The summed E-state index contributed by atoms with van der Waals surface area (Å²) >= 11 is 0. The van der Waals surface area contributed by atoms with E-state index < -0.39 is 54.1 Å². The van der Waals surface area contributed by atoms with Crippen LogP contribution in [0, 0.1) is 0 Å². The van der Waals surface area contributed by atoms with E-state index in [-0.39, 0.29) is 13.0 Å². The van der Waals surface area contributed by atoms with Crippen molar-refractivity contribution in [3.63, 3.8) is 0 Å². The molecule has 1 heterocycles. The molecule has 1 fully saturated rings. The van der Waals surface area contributed by atoms with Crippen molar-refractivity contribution in [1.82, 2.24) is 10.6 Å². The van der Waals surface area contributed by atoms with Gasteiger partial charge >= 0.3 is 23.9 Å². The molecule has 1 aliphatic rings. The first-order valence-corrected chi connectivity index (χ1v) is 6.66. The number of carboxylic acids is 4. The number of rotatable bonds is 11. The summed E-state index contributed by atoms with van der Waals surface area (Å²) in [6.07, 6.45) is -1.64. The van der Waals surface area contributed by atoms with Crippen molar-refractivity contribution in [3.05, 3.63) is 0 Å². The lowest BCUT2D eigenvalue weighted by Gasteiger charge is -2.20. The Kier molecular flexibility index (Phi) is 6.01. The van der Waals surface area contributed by atoms with Gasteiger partial charge < -0.3 is 25.2 Å². The number of carboxylic acid groups (broad SMARTS) is 4. The predicted molar refractivity (Wildman–Crippen MR) is 71.8 cm³/mol. The maximum atomic E-state index is 11.1. The van der Waals surface area contributed by atoms with Gasteiger partial charge in [-0.25, -0.2) is 0 Å². The van der Waals surface area contributed by atoms with Crippen LogP contribution in [-0.4, -0.2) is 74.8 Å². The van der Waals surface area contributed by atoms with Crippen molar-refractivity contribution >= 4 is 23.9 Å². The van der Waals surface area contributed by atoms with Crippen molar-refractivity contribution in [2.75, 3.05) is 6.61 Å². The first kappa shape index (κ1) is 18.8. The van der Waals surface area contributed by atoms with Crippen molar-refractivity contribution in [3.8, 4) is 0 Å². The number of ether oxygens (including phenoxy) is 1. The molecule has 0 aromatic heterocycles. The molecule has 0 aromatic carbocycles. The van der Waals surface area contributed by atoms with E-state index in [9.17, 15) is 19.2 Å². The predicted octanol–water partition coefficient (Wildman–Crippen LogP) is -1.86. The largest absolute Gasteiger partial charge is 0.481 e. The lowest BCUT2D eigenvalue weighted by atomic mass is 10.0. The molecule has 0 radical (unpaired) electrons. The summed E-state index contributed by atoms with van der Waals surface area (Å²) in [5, 5.41) is 40.2. The van der Waals surface area contributed by atoms with Gasteiger partial charge in [-0.3, -0.25) is 29.8 Å². The number of carbonyl (C=O) groups is 4. The molecular formula is C12H18N2O9. The van der Waals surface area contributed by atoms with Crippen LogP contribution in [0.15, 0.2) is 0 Å². The van der Waals surface area contributed by atoms with E-state index >= 15 is 0 Å². The fourth-order valence-corrected chi connectivity index (χ4v) is 2.12. The van der Waals surface area contributed by atoms with Gasteiger partial charge in [0, 0.05) is 6.42 Å². The monoisotopic (exact) mass is 334 g/mol. The molecule has 0 saturated carbocycles. The van der Waals surface area contributed by atoms with Crippen molar-refractivity contribution in [2.45, 2.75) is 43.6 Å².